The van der Waals surface area contributed by atoms with E-state index in [2.05, 4.69) is 20.5 Å². The van der Waals surface area contributed by atoms with E-state index in [9.17, 15) is 14.0 Å². The minimum Gasteiger partial charge on any atom is -0.355 e. The van der Waals surface area contributed by atoms with E-state index in [0.29, 0.717) is 28.3 Å². The second kappa shape index (κ2) is 10.1. The molecule has 5 rings (SSSR count). The second-order valence-corrected chi connectivity index (χ2v) is 9.86. The van der Waals surface area contributed by atoms with Gasteiger partial charge in [0.25, 0.3) is 11.8 Å². The van der Waals surface area contributed by atoms with Gasteiger partial charge in [0.1, 0.15) is 5.82 Å². The number of thiazole rings is 1. The number of likely N-dealkylation sites (tertiary alicyclic amines) is 1. The van der Waals surface area contributed by atoms with E-state index in [4.69, 9.17) is 0 Å². The highest BCUT2D eigenvalue weighted by molar-refractivity contribution is 7.23. The minimum atomic E-state index is -0.500. The lowest BCUT2D eigenvalue weighted by molar-refractivity contribution is 0.0947. The Balaban J connectivity index is 1.28. The van der Waals surface area contributed by atoms with Crippen LogP contribution in [0.25, 0.3) is 26.4 Å². The van der Waals surface area contributed by atoms with Crippen molar-refractivity contribution < 1.29 is 14.0 Å². The van der Waals surface area contributed by atoms with Crippen LogP contribution in [0.5, 0.6) is 0 Å². The van der Waals surface area contributed by atoms with Crippen molar-refractivity contribution in [2.75, 3.05) is 33.2 Å². The third-order valence-corrected chi connectivity index (χ3v) is 7.49. The minimum absolute atomic E-state index is 0.0736. The number of fused-ring (bicyclic) bond motifs is 3. The molecule has 2 aromatic heterocycles. The highest BCUT2D eigenvalue weighted by Gasteiger charge is 2.16. The van der Waals surface area contributed by atoms with E-state index in [-0.39, 0.29) is 17.4 Å². The average molecular weight is 494 g/mol. The lowest BCUT2D eigenvalue weighted by atomic mass is 10.1. The smallest absolute Gasteiger partial charge is 0.251 e. The number of piperidine rings is 1. The van der Waals surface area contributed by atoms with Crippen molar-refractivity contribution in [1.29, 1.82) is 0 Å². The van der Waals surface area contributed by atoms with E-state index in [1.54, 1.807) is 18.3 Å². The summed E-state index contributed by atoms with van der Waals surface area (Å²) in [5.74, 6) is -0.912. The van der Waals surface area contributed by atoms with Crippen LogP contribution in [0.3, 0.4) is 0 Å². The summed E-state index contributed by atoms with van der Waals surface area (Å²) >= 11 is 1.45. The van der Waals surface area contributed by atoms with Gasteiger partial charge in [-0.25, -0.2) is 9.37 Å². The van der Waals surface area contributed by atoms with E-state index in [1.807, 2.05) is 22.6 Å². The Kier molecular flexibility index (Phi) is 6.79. The topological polar surface area (TPSA) is 78.7 Å². The summed E-state index contributed by atoms with van der Waals surface area (Å²) < 4.78 is 17.5. The molecule has 0 saturated carbocycles. The molecule has 1 aliphatic heterocycles. The highest BCUT2D eigenvalue weighted by atomic mass is 32.1. The molecule has 1 aliphatic rings. The first-order valence-corrected chi connectivity index (χ1v) is 12.8. The molecule has 0 spiro atoms. The molecule has 182 valence electrons. The number of benzene rings is 2. The molecule has 9 heteroatoms. The van der Waals surface area contributed by atoms with Crippen LogP contribution >= 0.6 is 11.3 Å². The summed E-state index contributed by atoms with van der Waals surface area (Å²) in [6.45, 7) is 4.02. The van der Waals surface area contributed by atoms with Crippen LogP contribution in [0.1, 0.15) is 46.4 Å². The fourth-order valence-corrected chi connectivity index (χ4v) is 5.62. The number of amides is 2. The molecule has 1 saturated heterocycles. The molecule has 2 N–H and O–H groups in total. The number of halogens is 1. The van der Waals surface area contributed by atoms with Crippen molar-refractivity contribution >= 4 is 38.3 Å². The number of carbonyl (C=O) groups is 2. The van der Waals surface area contributed by atoms with Gasteiger partial charge in [0.15, 0.2) is 4.96 Å². The van der Waals surface area contributed by atoms with Gasteiger partial charge in [-0.2, -0.15) is 0 Å². The normalized spacial score (nSPS) is 14.5. The van der Waals surface area contributed by atoms with Crippen molar-refractivity contribution in [1.82, 2.24) is 24.9 Å². The van der Waals surface area contributed by atoms with Crippen LogP contribution in [0.4, 0.5) is 4.39 Å². The van der Waals surface area contributed by atoms with E-state index in [1.165, 1.54) is 56.8 Å². The summed E-state index contributed by atoms with van der Waals surface area (Å²) in [4.78, 5) is 32.2. The number of hydrogen-bond acceptors (Lipinski definition) is 5. The fourth-order valence-electron chi connectivity index (χ4n) is 4.57. The third-order valence-electron chi connectivity index (χ3n) is 6.48. The number of aromatic nitrogens is 2. The molecular formula is C26H28FN5O2S. The molecule has 4 aromatic rings. The summed E-state index contributed by atoms with van der Waals surface area (Å²) in [7, 11) is 1.51. The molecule has 3 heterocycles. The van der Waals surface area contributed by atoms with Gasteiger partial charge < -0.3 is 15.5 Å². The van der Waals surface area contributed by atoms with Crippen LogP contribution in [-0.2, 0) is 0 Å². The zero-order valence-electron chi connectivity index (χ0n) is 19.6. The van der Waals surface area contributed by atoms with Gasteiger partial charge >= 0.3 is 0 Å². The van der Waals surface area contributed by atoms with Gasteiger partial charge in [-0.3, -0.25) is 14.0 Å². The van der Waals surface area contributed by atoms with Gasteiger partial charge in [0.2, 0.25) is 0 Å². The molecule has 0 atom stereocenters. The van der Waals surface area contributed by atoms with Crippen LogP contribution in [0.15, 0.2) is 42.6 Å². The summed E-state index contributed by atoms with van der Waals surface area (Å²) in [5, 5.41) is 5.52. The van der Waals surface area contributed by atoms with Crippen LogP contribution < -0.4 is 10.6 Å². The van der Waals surface area contributed by atoms with Crippen LogP contribution in [0, 0.1) is 5.82 Å². The van der Waals surface area contributed by atoms with E-state index in [0.717, 1.165) is 23.2 Å². The monoisotopic (exact) mass is 493 g/mol. The van der Waals surface area contributed by atoms with Gasteiger partial charge in [0, 0.05) is 36.5 Å². The fraction of sp³-hybridized carbons (Fsp3) is 0.346. The maximum atomic E-state index is 14.7. The first-order chi connectivity index (χ1) is 17.0. The van der Waals surface area contributed by atoms with Crippen molar-refractivity contribution in [2.24, 2.45) is 0 Å². The highest BCUT2D eigenvalue weighted by Crippen LogP contribution is 2.31. The summed E-state index contributed by atoms with van der Waals surface area (Å²) in [5.41, 5.74) is 2.62. The van der Waals surface area contributed by atoms with Gasteiger partial charge in [0.05, 0.1) is 15.9 Å². The zero-order valence-corrected chi connectivity index (χ0v) is 20.5. The number of hydrogen-bond donors (Lipinski definition) is 2. The maximum absolute atomic E-state index is 14.7. The first-order valence-electron chi connectivity index (χ1n) is 12.0. The summed E-state index contributed by atoms with van der Waals surface area (Å²) in [6, 6.07) is 9.97. The maximum Gasteiger partial charge on any atom is 0.251 e. The molecule has 2 aromatic carbocycles. The Morgan fingerprint density at radius 3 is 2.60 bits per heavy atom. The lowest BCUT2D eigenvalue weighted by Gasteiger charge is -2.26. The molecular weight excluding hydrogens is 465 g/mol. The molecule has 1 fully saturated rings. The van der Waals surface area contributed by atoms with Crippen molar-refractivity contribution in [3.8, 4) is 11.3 Å². The van der Waals surface area contributed by atoms with E-state index < -0.39 is 5.82 Å². The van der Waals surface area contributed by atoms with E-state index >= 15 is 0 Å². The largest absolute Gasteiger partial charge is 0.355 e. The van der Waals surface area contributed by atoms with Gasteiger partial charge in [-0.15, -0.1) is 0 Å². The number of nitrogens with zero attached hydrogens (tertiary/aromatic N) is 3. The predicted octanol–water partition coefficient (Wildman–Crippen LogP) is 4.32. The number of imidazole rings is 1. The van der Waals surface area contributed by atoms with Gasteiger partial charge in [-0.05, 0) is 75.3 Å². The standard InChI is InChI=1S/C26H28FN5O2S/c1-28-24(33)17-6-8-19(20(27)14-17)21-16-32-22-9-7-18(15-23(22)35-26(32)30-21)25(34)29-10-5-13-31-11-3-2-4-12-31/h6-9,14-16H,2-5,10-13H2,1H3,(H,28,33)(H,29,34). The Morgan fingerprint density at radius 1 is 1.06 bits per heavy atom. The number of rotatable bonds is 7. The molecule has 0 radical (unpaired) electrons. The number of nitrogens with one attached hydrogen (secondary N) is 2. The quantitative estimate of drug-likeness (QED) is 0.376. The van der Waals surface area contributed by atoms with Crippen LogP contribution in [-0.4, -0.2) is 59.3 Å². The lowest BCUT2D eigenvalue weighted by Crippen LogP contribution is -2.33. The molecule has 35 heavy (non-hydrogen) atoms. The molecule has 0 aliphatic carbocycles. The van der Waals surface area contributed by atoms with Gasteiger partial charge in [-0.1, -0.05) is 17.8 Å². The van der Waals surface area contributed by atoms with Crippen molar-refractivity contribution in [3.05, 3.63) is 59.5 Å². The van der Waals surface area contributed by atoms with Crippen molar-refractivity contribution in [3.63, 3.8) is 0 Å². The van der Waals surface area contributed by atoms with Crippen LogP contribution in [0.2, 0.25) is 0 Å². The average Bonchev–Trinajstić information content (AvgIpc) is 3.44. The Labute approximate surface area is 207 Å². The molecule has 0 unspecified atom stereocenters. The molecule has 7 nitrogen and oxygen atoms in total. The number of carbonyl (C=O) groups excluding carboxylic acids is 2. The molecule has 2 amide bonds. The summed E-state index contributed by atoms with van der Waals surface area (Å²) in [6.07, 6.45) is 6.61. The Morgan fingerprint density at radius 2 is 1.83 bits per heavy atom. The Hall–Kier alpha value is -3.30. The molecule has 0 bridgehead atoms. The van der Waals surface area contributed by atoms with Crippen molar-refractivity contribution in [2.45, 2.75) is 25.7 Å². The SMILES string of the molecule is CNC(=O)c1ccc(-c2cn3c(n2)sc2cc(C(=O)NCCCN4CCCCC4)ccc23)c(F)c1. The predicted molar refractivity (Wildman–Crippen MR) is 137 cm³/mol. The Bertz CT molecular complexity index is 1390. The zero-order chi connectivity index (χ0) is 24.4. The first kappa shape index (κ1) is 23.4. The second-order valence-electron chi connectivity index (χ2n) is 8.85. The third kappa shape index (κ3) is 4.92.